The third-order valence-electron chi connectivity index (χ3n) is 5.53. The van der Waals surface area contributed by atoms with E-state index in [9.17, 15) is 9.59 Å². The van der Waals surface area contributed by atoms with E-state index in [1.165, 1.54) is 0 Å². The zero-order chi connectivity index (χ0) is 20.4. The minimum atomic E-state index is -0.229. The molecule has 29 heavy (non-hydrogen) atoms. The Balaban J connectivity index is 1.42. The van der Waals surface area contributed by atoms with Crippen LogP contribution in [0.4, 0.5) is 5.95 Å². The molecule has 8 heteroatoms. The van der Waals surface area contributed by atoms with Crippen molar-refractivity contribution in [3.8, 4) is 0 Å². The molecule has 1 aliphatic rings. The van der Waals surface area contributed by atoms with Crippen molar-refractivity contribution < 1.29 is 4.79 Å². The summed E-state index contributed by atoms with van der Waals surface area (Å²) < 4.78 is 0. The van der Waals surface area contributed by atoms with Gasteiger partial charge in [-0.2, -0.15) is 4.98 Å². The normalized spacial score (nSPS) is 15.6. The smallest absolute Gasteiger partial charge is 0.262 e. The van der Waals surface area contributed by atoms with E-state index in [1.807, 2.05) is 29.2 Å². The van der Waals surface area contributed by atoms with Gasteiger partial charge in [0.15, 0.2) is 0 Å². The van der Waals surface area contributed by atoms with Crippen LogP contribution in [0.15, 0.2) is 35.3 Å². The second-order valence-corrected chi connectivity index (χ2v) is 7.63. The summed E-state index contributed by atoms with van der Waals surface area (Å²) in [6, 6.07) is 7.78. The maximum absolute atomic E-state index is 12.8. The predicted octanol–water partition coefficient (Wildman–Crippen LogP) is 1.40. The van der Waals surface area contributed by atoms with Crippen molar-refractivity contribution in [1.82, 2.24) is 24.8 Å². The first-order valence-corrected chi connectivity index (χ1v) is 9.94. The van der Waals surface area contributed by atoms with Crippen molar-refractivity contribution >= 4 is 22.9 Å². The Morgan fingerprint density at radius 2 is 1.93 bits per heavy atom. The number of nitrogens with zero attached hydrogens (tertiary/aromatic N) is 3. The van der Waals surface area contributed by atoms with Gasteiger partial charge in [0.1, 0.15) is 5.65 Å². The van der Waals surface area contributed by atoms with Crippen molar-refractivity contribution in [2.45, 2.75) is 19.3 Å². The summed E-state index contributed by atoms with van der Waals surface area (Å²) in [5, 5.41) is 0.553. The minimum absolute atomic E-state index is 0.0960. The SMILES string of the molecule is CN1CCCN(C(=O)c2ccc(CCc3c[nH]c4nc(N)[nH]c(=O)c34)cc2)CC1. The maximum atomic E-state index is 12.8. The lowest BCUT2D eigenvalue weighted by Crippen LogP contribution is -2.34. The number of H-pyrrole nitrogens is 2. The van der Waals surface area contributed by atoms with Gasteiger partial charge >= 0.3 is 0 Å². The fourth-order valence-corrected chi connectivity index (χ4v) is 3.84. The van der Waals surface area contributed by atoms with Gasteiger partial charge in [-0.3, -0.25) is 14.6 Å². The summed E-state index contributed by atoms with van der Waals surface area (Å²) in [5.41, 5.74) is 8.61. The van der Waals surface area contributed by atoms with Crippen LogP contribution >= 0.6 is 0 Å². The average Bonchev–Trinajstić information content (AvgIpc) is 2.99. The zero-order valence-corrected chi connectivity index (χ0v) is 16.6. The number of aromatic nitrogens is 3. The maximum Gasteiger partial charge on any atom is 0.262 e. The molecule has 4 N–H and O–H groups in total. The van der Waals surface area contributed by atoms with E-state index >= 15 is 0 Å². The number of rotatable bonds is 4. The Morgan fingerprint density at radius 1 is 1.14 bits per heavy atom. The number of amides is 1. The number of aromatic amines is 2. The molecule has 0 saturated carbocycles. The highest BCUT2D eigenvalue weighted by atomic mass is 16.2. The monoisotopic (exact) mass is 394 g/mol. The molecule has 1 amide bonds. The van der Waals surface area contributed by atoms with Crippen LogP contribution in [0.5, 0.6) is 0 Å². The number of hydrogen-bond donors (Lipinski definition) is 3. The number of benzene rings is 1. The molecular formula is C21H26N6O2. The summed E-state index contributed by atoms with van der Waals surface area (Å²) in [4.78, 5) is 38.8. The van der Waals surface area contributed by atoms with Crippen molar-refractivity contribution in [1.29, 1.82) is 0 Å². The highest BCUT2D eigenvalue weighted by Crippen LogP contribution is 2.16. The van der Waals surface area contributed by atoms with Gasteiger partial charge in [0.05, 0.1) is 5.39 Å². The first kappa shape index (κ1) is 19.2. The number of carbonyl (C=O) groups is 1. The summed E-state index contributed by atoms with van der Waals surface area (Å²) >= 11 is 0. The van der Waals surface area contributed by atoms with Crippen molar-refractivity contribution in [2.75, 3.05) is 39.0 Å². The van der Waals surface area contributed by atoms with E-state index in [1.54, 1.807) is 6.20 Å². The highest BCUT2D eigenvalue weighted by Gasteiger charge is 2.18. The molecule has 8 nitrogen and oxygen atoms in total. The standard InChI is InChI=1S/C21H26N6O2/c1-26-9-2-10-27(12-11-26)20(29)15-6-3-14(4-7-15)5-8-16-13-23-18-17(16)19(28)25-21(22)24-18/h3-4,6-7,13H,2,5,8-12H2,1H3,(H4,22,23,24,25,28). The summed E-state index contributed by atoms with van der Waals surface area (Å²) in [7, 11) is 2.09. The molecule has 0 bridgehead atoms. The Hall–Kier alpha value is -3.13. The van der Waals surface area contributed by atoms with E-state index in [0.717, 1.165) is 55.7 Å². The third-order valence-corrected chi connectivity index (χ3v) is 5.53. The van der Waals surface area contributed by atoms with Gasteiger partial charge in [0.25, 0.3) is 11.5 Å². The molecule has 0 radical (unpaired) electrons. The number of carbonyl (C=O) groups excluding carboxylic acids is 1. The molecule has 0 atom stereocenters. The average molecular weight is 394 g/mol. The molecule has 2 aromatic heterocycles. The fourth-order valence-electron chi connectivity index (χ4n) is 3.84. The van der Waals surface area contributed by atoms with Gasteiger partial charge in [0, 0.05) is 31.4 Å². The Labute approximate surface area is 168 Å². The number of nitrogen functional groups attached to an aromatic ring is 1. The van der Waals surface area contributed by atoms with Crippen molar-refractivity contribution in [2.24, 2.45) is 0 Å². The number of nitrogens with two attached hydrogens (primary N) is 1. The molecular weight excluding hydrogens is 368 g/mol. The summed E-state index contributed by atoms with van der Waals surface area (Å²) in [6.07, 6.45) is 4.27. The molecule has 0 spiro atoms. The highest BCUT2D eigenvalue weighted by molar-refractivity contribution is 5.94. The lowest BCUT2D eigenvalue weighted by molar-refractivity contribution is 0.0763. The van der Waals surface area contributed by atoms with Gasteiger partial charge in [-0.25, -0.2) is 0 Å². The molecule has 4 rings (SSSR count). The number of hydrogen-bond acceptors (Lipinski definition) is 5. The van der Waals surface area contributed by atoms with Crippen LogP contribution in [0, 0.1) is 0 Å². The zero-order valence-electron chi connectivity index (χ0n) is 16.6. The molecule has 152 valence electrons. The Bertz CT molecular complexity index is 1070. The summed E-state index contributed by atoms with van der Waals surface area (Å²) in [5.74, 6) is 0.200. The summed E-state index contributed by atoms with van der Waals surface area (Å²) in [6.45, 7) is 3.51. The van der Waals surface area contributed by atoms with Crippen LogP contribution in [0.25, 0.3) is 11.0 Å². The number of likely N-dealkylation sites (N-methyl/N-ethyl adjacent to an activating group) is 1. The van der Waals surface area contributed by atoms with Gasteiger partial charge in [-0.1, -0.05) is 12.1 Å². The van der Waals surface area contributed by atoms with E-state index < -0.39 is 0 Å². The topological polar surface area (TPSA) is 111 Å². The quantitative estimate of drug-likeness (QED) is 0.619. The second-order valence-electron chi connectivity index (χ2n) is 7.63. The van der Waals surface area contributed by atoms with Crippen LogP contribution in [-0.2, 0) is 12.8 Å². The van der Waals surface area contributed by atoms with Crippen LogP contribution in [-0.4, -0.2) is 63.9 Å². The van der Waals surface area contributed by atoms with Crippen LogP contribution in [0.3, 0.4) is 0 Å². The molecule has 1 saturated heterocycles. The van der Waals surface area contributed by atoms with E-state index in [4.69, 9.17) is 5.73 Å². The van der Waals surface area contributed by atoms with Crippen molar-refractivity contribution in [3.05, 3.63) is 57.5 Å². The van der Waals surface area contributed by atoms with Gasteiger partial charge in [-0.05, 0) is 56.1 Å². The Kier molecular flexibility index (Phi) is 5.35. The molecule has 0 unspecified atom stereocenters. The lowest BCUT2D eigenvalue weighted by Gasteiger charge is -2.20. The first-order valence-electron chi connectivity index (χ1n) is 9.94. The molecule has 1 fully saturated rings. The largest absolute Gasteiger partial charge is 0.369 e. The second kappa shape index (κ2) is 8.08. The lowest BCUT2D eigenvalue weighted by atomic mass is 10.0. The van der Waals surface area contributed by atoms with Crippen molar-refractivity contribution in [3.63, 3.8) is 0 Å². The molecule has 3 aromatic rings. The van der Waals surface area contributed by atoms with Crippen LogP contribution in [0.2, 0.25) is 0 Å². The molecule has 1 aromatic carbocycles. The van der Waals surface area contributed by atoms with Gasteiger partial charge < -0.3 is 20.5 Å². The molecule has 1 aliphatic heterocycles. The number of aryl methyl sites for hydroxylation is 2. The number of fused-ring (bicyclic) bond motifs is 1. The Morgan fingerprint density at radius 3 is 2.72 bits per heavy atom. The van der Waals surface area contributed by atoms with Gasteiger partial charge in [-0.15, -0.1) is 0 Å². The first-order chi connectivity index (χ1) is 14.0. The van der Waals surface area contributed by atoms with Crippen LogP contribution in [0.1, 0.15) is 27.9 Å². The number of nitrogens with one attached hydrogen (secondary N) is 2. The van der Waals surface area contributed by atoms with E-state index in [0.29, 0.717) is 17.5 Å². The minimum Gasteiger partial charge on any atom is -0.369 e. The van der Waals surface area contributed by atoms with Gasteiger partial charge in [0.2, 0.25) is 5.95 Å². The fraction of sp³-hybridized carbons (Fsp3) is 0.381. The van der Waals surface area contributed by atoms with Crippen LogP contribution < -0.4 is 11.3 Å². The molecule has 3 heterocycles. The number of anilines is 1. The molecule has 0 aliphatic carbocycles. The third kappa shape index (κ3) is 4.17. The van der Waals surface area contributed by atoms with E-state index in [2.05, 4.69) is 26.9 Å². The van der Waals surface area contributed by atoms with E-state index in [-0.39, 0.29) is 17.4 Å². The predicted molar refractivity (Wildman–Crippen MR) is 113 cm³/mol.